The van der Waals surface area contributed by atoms with Crippen molar-refractivity contribution in [2.45, 2.75) is 51.1 Å². The molecule has 6 nitrogen and oxygen atoms in total. The summed E-state index contributed by atoms with van der Waals surface area (Å²) in [6.45, 7) is 12.6. The van der Waals surface area contributed by atoms with Gasteiger partial charge in [0.1, 0.15) is 0 Å². The molecule has 0 aliphatic heterocycles. The van der Waals surface area contributed by atoms with Crippen molar-refractivity contribution in [3.05, 3.63) is 0 Å². The molecular weight excluding hydrogens is 260 g/mol. The minimum absolute atomic E-state index is 0.0286. The van der Waals surface area contributed by atoms with Crippen molar-refractivity contribution in [3.63, 3.8) is 0 Å². The van der Waals surface area contributed by atoms with E-state index in [4.69, 9.17) is 32.5 Å². The maximum Gasteiger partial charge on any atom is 0.192 e. The largest absolute Gasteiger partial charge is 0.411 e. The van der Waals surface area contributed by atoms with Crippen molar-refractivity contribution in [2.24, 2.45) is 22.9 Å². The lowest BCUT2D eigenvalue weighted by atomic mass is 10.2. The molecule has 0 saturated carbocycles. The molecule has 0 saturated heterocycles. The van der Waals surface area contributed by atoms with Gasteiger partial charge in [0.2, 0.25) is 0 Å². The maximum absolute atomic E-state index is 8.42. The molecule has 0 aliphatic carbocycles. The fourth-order valence-electron chi connectivity index (χ4n) is 0.882. The monoisotopic (exact) mass is 294 g/mol. The van der Waals surface area contributed by atoms with Crippen molar-refractivity contribution >= 4 is 8.32 Å². The summed E-state index contributed by atoms with van der Waals surface area (Å²) in [5.74, 6) is 0. The Bertz CT molecular complexity index is 214. The maximum atomic E-state index is 8.42. The average molecular weight is 295 g/mol. The van der Waals surface area contributed by atoms with Gasteiger partial charge >= 0.3 is 0 Å². The third kappa shape index (κ3) is 9.50. The quantitative estimate of drug-likeness (QED) is 0.422. The Morgan fingerprint density at radius 1 is 0.947 bits per heavy atom. The summed E-state index contributed by atoms with van der Waals surface area (Å²) in [4.78, 5) is 0. The topological polar surface area (TPSA) is 134 Å². The molecule has 0 bridgehead atoms. The van der Waals surface area contributed by atoms with Gasteiger partial charge in [-0.15, -0.1) is 0 Å². The second kappa shape index (κ2) is 9.81. The molecule has 0 fully saturated rings. The Morgan fingerprint density at radius 3 is 1.47 bits per heavy atom. The summed E-state index contributed by atoms with van der Waals surface area (Å²) in [5, 5.41) is 8.65. The first-order valence-corrected chi connectivity index (χ1v) is 9.62. The Kier molecular flexibility index (Phi) is 11.0. The van der Waals surface area contributed by atoms with Crippen LogP contribution in [0, 0.1) is 0 Å². The highest BCUT2D eigenvalue weighted by molar-refractivity contribution is 6.74. The standard InChI is InChI=1S/C9H24N2OSi.C3H10N2O/c1-9(2,3)13(4,5)12-8(6-10)7-11;4-1-3(6)2-5/h8H,6-7,10-11H2,1-5H3;3,6H,1-2,4-5H2. The molecule has 0 amide bonds. The van der Waals surface area contributed by atoms with E-state index in [2.05, 4.69) is 33.9 Å². The number of aliphatic hydroxyl groups is 1. The van der Waals surface area contributed by atoms with Crippen LogP contribution < -0.4 is 22.9 Å². The number of nitrogens with two attached hydrogens (primary N) is 4. The highest BCUT2D eigenvalue weighted by Crippen LogP contribution is 2.37. The molecule has 118 valence electrons. The van der Waals surface area contributed by atoms with Crippen molar-refractivity contribution in [1.29, 1.82) is 0 Å². The van der Waals surface area contributed by atoms with Crippen LogP contribution in [0.1, 0.15) is 20.8 Å². The van der Waals surface area contributed by atoms with E-state index in [1.807, 2.05) is 0 Å². The van der Waals surface area contributed by atoms with E-state index < -0.39 is 14.4 Å². The van der Waals surface area contributed by atoms with Crippen molar-refractivity contribution in [1.82, 2.24) is 0 Å². The first kappa shape index (κ1) is 21.3. The molecule has 0 spiro atoms. The molecule has 0 radical (unpaired) electrons. The van der Waals surface area contributed by atoms with Crippen LogP contribution in [-0.2, 0) is 4.43 Å². The van der Waals surface area contributed by atoms with Crippen LogP contribution in [0.4, 0.5) is 0 Å². The summed E-state index contributed by atoms with van der Waals surface area (Å²) in [6.07, 6.45) is -0.481. The zero-order chi connectivity index (χ0) is 15.7. The molecule has 0 aromatic heterocycles. The Balaban J connectivity index is 0. The number of hydrogen-bond donors (Lipinski definition) is 5. The summed E-state index contributed by atoms with van der Waals surface area (Å²) >= 11 is 0. The van der Waals surface area contributed by atoms with E-state index in [0.29, 0.717) is 13.1 Å². The Hall–Kier alpha value is -0.0231. The fourth-order valence-corrected chi connectivity index (χ4v) is 2.26. The fraction of sp³-hybridized carbons (Fsp3) is 1.00. The van der Waals surface area contributed by atoms with Crippen LogP contribution in [0.5, 0.6) is 0 Å². The van der Waals surface area contributed by atoms with Crippen LogP contribution >= 0.6 is 0 Å². The highest BCUT2D eigenvalue weighted by atomic mass is 28.4. The van der Waals surface area contributed by atoms with Gasteiger partial charge in [0.25, 0.3) is 0 Å². The Morgan fingerprint density at radius 2 is 1.32 bits per heavy atom. The van der Waals surface area contributed by atoms with E-state index in [0.717, 1.165) is 0 Å². The minimum Gasteiger partial charge on any atom is -0.411 e. The van der Waals surface area contributed by atoms with E-state index in [1.165, 1.54) is 0 Å². The molecule has 0 heterocycles. The first-order valence-electron chi connectivity index (χ1n) is 6.71. The lowest BCUT2D eigenvalue weighted by Crippen LogP contribution is -2.47. The third-order valence-corrected chi connectivity index (χ3v) is 7.87. The normalized spacial score (nSPS) is 12.6. The lowest BCUT2D eigenvalue weighted by molar-refractivity contribution is 0.191. The molecule has 0 aliphatic rings. The number of rotatable bonds is 6. The summed E-state index contributed by atoms with van der Waals surface area (Å²) < 4.78 is 5.99. The highest BCUT2D eigenvalue weighted by Gasteiger charge is 2.38. The predicted molar refractivity (Wildman–Crippen MR) is 84.3 cm³/mol. The number of hydrogen-bond acceptors (Lipinski definition) is 6. The van der Waals surface area contributed by atoms with Crippen molar-refractivity contribution < 1.29 is 9.53 Å². The van der Waals surface area contributed by atoms with Gasteiger partial charge in [-0.2, -0.15) is 0 Å². The van der Waals surface area contributed by atoms with Crippen LogP contribution in [-0.4, -0.2) is 51.8 Å². The second-order valence-corrected chi connectivity index (χ2v) is 10.9. The molecule has 19 heavy (non-hydrogen) atoms. The molecule has 0 aromatic rings. The van der Waals surface area contributed by atoms with E-state index in [-0.39, 0.29) is 24.2 Å². The van der Waals surface area contributed by atoms with Gasteiger partial charge in [0, 0.05) is 26.2 Å². The lowest BCUT2D eigenvalue weighted by Gasteiger charge is -2.38. The zero-order valence-electron chi connectivity index (χ0n) is 13.1. The van der Waals surface area contributed by atoms with Gasteiger partial charge in [-0.25, -0.2) is 0 Å². The van der Waals surface area contributed by atoms with Gasteiger partial charge in [-0.1, -0.05) is 20.8 Å². The minimum atomic E-state index is -1.67. The second-order valence-electron chi connectivity index (χ2n) is 6.10. The zero-order valence-corrected chi connectivity index (χ0v) is 14.1. The van der Waals surface area contributed by atoms with Gasteiger partial charge in [0.05, 0.1) is 12.2 Å². The van der Waals surface area contributed by atoms with Crippen LogP contribution in [0.25, 0.3) is 0 Å². The van der Waals surface area contributed by atoms with E-state index in [1.54, 1.807) is 0 Å². The SMILES string of the molecule is CC(C)(C)[Si](C)(C)OC(CN)CN.NCC(O)CN. The summed E-state index contributed by atoms with van der Waals surface area (Å²) in [5.41, 5.74) is 21.0. The third-order valence-electron chi connectivity index (χ3n) is 3.34. The van der Waals surface area contributed by atoms with Crippen molar-refractivity contribution in [3.8, 4) is 0 Å². The molecule has 7 heteroatoms. The Labute approximate surface area is 119 Å². The molecule has 0 unspecified atom stereocenters. The van der Waals surface area contributed by atoms with Crippen LogP contribution in [0.2, 0.25) is 18.1 Å². The first-order chi connectivity index (χ1) is 8.55. The molecule has 0 rings (SSSR count). The predicted octanol–water partition coefficient (Wildman–Crippen LogP) is -0.441. The van der Waals surface area contributed by atoms with E-state index >= 15 is 0 Å². The van der Waals surface area contributed by atoms with Gasteiger partial charge in [-0.3, -0.25) is 0 Å². The molecule has 9 N–H and O–H groups in total. The van der Waals surface area contributed by atoms with Gasteiger partial charge < -0.3 is 32.5 Å². The van der Waals surface area contributed by atoms with Gasteiger partial charge in [0.15, 0.2) is 8.32 Å². The van der Waals surface area contributed by atoms with Crippen LogP contribution in [0.15, 0.2) is 0 Å². The molecule has 0 atom stereocenters. The molecular formula is C12H34N4O2Si. The van der Waals surface area contributed by atoms with E-state index in [9.17, 15) is 0 Å². The molecule has 0 aromatic carbocycles. The van der Waals surface area contributed by atoms with Crippen LogP contribution in [0.3, 0.4) is 0 Å². The van der Waals surface area contributed by atoms with Crippen molar-refractivity contribution in [2.75, 3.05) is 26.2 Å². The summed E-state index contributed by atoms with van der Waals surface area (Å²) in [7, 11) is -1.67. The summed E-state index contributed by atoms with van der Waals surface area (Å²) in [6, 6.07) is 0. The van der Waals surface area contributed by atoms with Gasteiger partial charge in [-0.05, 0) is 18.1 Å². The smallest absolute Gasteiger partial charge is 0.192 e. The number of aliphatic hydroxyl groups excluding tert-OH is 1. The average Bonchev–Trinajstić information content (AvgIpc) is 2.34.